The first-order valence-corrected chi connectivity index (χ1v) is 9.27. The Morgan fingerprint density at radius 1 is 1.10 bits per heavy atom. The molecule has 0 saturated heterocycles. The van der Waals surface area contributed by atoms with Crippen molar-refractivity contribution in [2.75, 3.05) is 0 Å². The van der Waals surface area contributed by atoms with E-state index < -0.39 is 29.5 Å². The predicted octanol–water partition coefficient (Wildman–Crippen LogP) is 4.94. The van der Waals surface area contributed by atoms with Crippen LogP contribution in [0.1, 0.15) is 39.0 Å². The minimum Gasteiger partial charge on any atom is -0.342 e. The van der Waals surface area contributed by atoms with E-state index in [1.807, 2.05) is 0 Å². The average molecular weight is 428 g/mol. The summed E-state index contributed by atoms with van der Waals surface area (Å²) in [6.07, 6.45) is -3.16. The molecule has 4 aromatic rings. The van der Waals surface area contributed by atoms with Crippen molar-refractivity contribution in [2.45, 2.75) is 19.1 Å². The molecule has 1 atom stereocenters. The van der Waals surface area contributed by atoms with Crippen LogP contribution in [0, 0.1) is 12.7 Å². The van der Waals surface area contributed by atoms with Gasteiger partial charge in [-0.05, 0) is 55.0 Å². The van der Waals surface area contributed by atoms with Crippen molar-refractivity contribution in [3.8, 4) is 0 Å². The molecule has 0 saturated carbocycles. The highest BCUT2D eigenvalue weighted by Crippen LogP contribution is 2.31. The molecule has 158 valence electrons. The standard InChI is InChI=1S/C22H16F4N4O/c1-12-28-17-9-6-14(11-18(17)29-12)21(31)30-19(20-16(23)3-2-10-27-20)13-4-7-15(8-5-13)22(24,25)26/h2-11,19H,1H3,(H,28,29)(H,30,31). The van der Waals surface area contributed by atoms with Crippen LogP contribution in [-0.4, -0.2) is 20.9 Å². The lowest BCUT2D eigenvalue weighted by molar-refractivity contribution is -0.137. The van der Waals surface area contributed by atoms with E-state index in [9.17, 15) is 22.4 Å². The van der Waals surface area contributed by atoms with Crippen molar-refractivity contribution in [3.63, 3.8) is 0 Å². The Morgan fingerprint density at radius 3 is 2.52 bits per heavy atom. The maximum absolute atomic E-state index is 14.5. The molecule has 0 radical (unpaired) electrons. The van der Waals surface area contributed by atoms with Crippen LogP contribution in [0.5, 0.6) is 0 Å². The SMILES string of the molecule is Cc1nc2ccc(C(=O)NC(c3ccc(C(F)(F)F)cc3)c3ncccc3F)cc2[nH]1. The molecule has 4 rings (SSSR count). The third-order valence-electron chi connectivity index (χ3n) is 4.77. The lowest BCUT2D eigenvalue weighted by Gasteiger charge is -2.20. The number of fused-ring (bicyclic) bond motifs is 1. The number of hydrogen-bond donors (Lipinski definition) is 2. The molecule has 31 heavy (non-hydrogen) atoms. The van der Waals surface area contributed by atoms with E-state index in [1.54, 1.807) is 25.1 Å². The van der Waals surface area contributed by atoms with Gasteiger partial charge in [0.05, 0.1) is 22.6 Å². The highest BCUT2D eigenvalue weighted by Gasteiger charge is 2.31. The number of alkyl halides is 3. The molecule has 1 amide bonds. The Labute approximate surface area is 174 Å². The number of aromatic amines is 1. The minimum absolute atomic E-state index is 0.103. The van der Waals surface area contributed by atoms with Gasteiger partial charge in [-0.2, -0.15) is 13.2 Å². The van der Waals surface area contributed by atoms with Gasteiger partial charge in [-0.25, -0.2) is 9.37 Å². The number of H-pyrrole nitrogens is 1. The fourth-order valence-electron chi connectivity index (χ4n) is 3.28. The van der Waals surface area contributed by atoms with Gasteiger partial charge in [-0.3, -0.25) is 9.78 Å². The van der Waals surface area contributed by atoms with E-state index in [4.69, 9.17) is 0 Å². The Kier molecular flexibility index (Phi) is 5.18. The van der Waals surface area contributed by atoms with Crippen molar-refractivity contribution >= 4 is 16.9 Å². The van der Waals surface area contributed by atoms with Gasteiger partial charge in [0.2, 0.25) is 0 Å². The normalized spacial score (nSPS) is 12.7. The second-order valence-electron chi connectivity index (χ2n) is 6.95. The monoisotopic (exact) mass is 428 g/mol. The molecule has 5 nitrogen and oxygen atoms in total. The molecule has 0 aliphatic heterocycles. The van der Waals surface area contributed by atoms with Crippen molar-refractivity contribution in [3.05, 3.63) is 94.8 Å². The van der Waals surface area contributed by atoms with Gasteiger partial charge in [-0.1, -0.05) is 12.1 Å². The molecule has 1 unspecified atom stereocenters. The lowest BCUT2D eigenvalue weighted by atomic mass is 10.00. The van der Waals surface area contributed by atoms with Crippen LogP contribution < -0.4 is 5.32 Å². The van der Waals surface area contributed by atoms with Crippen LogP contribution in [0.4, 0.5) is 17.6 Å². The topological polar surface area (TPSA) is 70.7 Å². The van der Waals surface area contributed by atoms with Crippen LogP contribution in [0.3, 0.4) is 0 Å². The number of pyridine rings is 1. The fourth-order valence-corrected chi connectivity index (χ4v) is 3.28. The number of carbonyl (C=O) groups excluding carboxylic acids is 1. The van der Waals surface area contributed by atoms with Crippen LogP contribution in [-0.2, 0) is 6.18 Å². The molecular weight excluding hydrogens is 412 g/mol. The van der Waals surface area contributed by atoms with E-state index in [1.165, 1.54) is 30.5 Å². The second-order valence-corrected chi connectivity index (χ2v) is 6.95. The third-order valence-corrected chi connectivity index (χ3v) is 4.77. The molecule has 0 aliphatic carbocycles. The lowest BCUT2D eigenvalue weighted by Crippen LogP contribution is -2.30. The second kappa shape index (κ2) is 7.82. The largest absolute Gasteiger partial charge is 0.416 e. The molecular formula is C22H16F4N4O. The first-order valence-electron chi connectivity index (χ1n) is 9.27. The number of aryl methyl sites for hydroxylation is 1. The number of imidazole rings is 1. The first kappa shape index (κ1) is 20.5. The van der Waals surface area contributed by atoms with Crippen LogP contribution in [0.2, 0.25) is 0 Å². The fraction of sp³-hybridized carbons (Fsp3) is 0.136. The first-order chi connectivity index (χ1) is 14.7. The van der Waals surface area contributed by atoms with Gasteiger partial charge in [0.1, 0.15) is 17.3 Å². The quantitative estimate of drug-likeness (QED) is 0.452. The van der Waals surface area contributed by atoms with Crippen LogP contribution >= 0.6 is 0 Å². The Hall–Kier alpha value is -3.75. The Bertz CT molecular complexity index is 1250. The molecule has 2 N–H and O–H groups in total. The zero-order chi connectivity index (χ0) is 22.2. The van der Waals surface area contributed by atoms with Crippen molar-refractivity contribution in [2.24, 2.45) is 0 Å². The van der Waals surface area contributed by atoms with Crippen LogP contribution in [0.25, 0.3) is 11.0 Å². The summed E-state index contributed by atoms with van der Waals surface area (Å²) in [5.41, 5.74) is 0.933. The Morgan fingerprint density at radius 2 is 1.84 bits per heavy atom. The number of carbonyl (C=O) groups is 1. The predicted molar refractivity (Wildman–Crippen MR) is 106 cm³/mol. The molecule has 0 aliphatic rings. The van der Waals surface area contributed by atoms with E-state index in [2.05, 4.69) is 20.3 Å². The average Bonchev–Trinajstić information content (AvgIpc) is 3.11. The molecule has 0 spiro atoms. The third kappa shape index (κ3) is 4.25. The van der Waals surface area contributed by atoms with Crippen molar-refractivity contribution < 1.29 is 22.4 Å². The summed E-state index contributed by atoms with van der Waals surface area (Å²) in [6.45, 7) is 1.78. The smallest absolute Gasteiger partial charge is 0.342 e. The molecule has 9 heteroatoms. The number of nitrogens with one attached hydrogen (secondary N) is 2. The molecule has 2 aromatic heterocycles. The minimum atomic E-state index is -4.51. The number of halogens is 4. The summed E-state index contributed by atoms with van der Waals surface area (Å²) in [6, 6.07) is 10.5. The highest BCUT2D eigenvalue weighted by molar-refractivity contribution is 5.97. The number of aromatic nitrogens is 3. The Balaban J connectivity index is 1.70. The van der Waals surface area contributed by atoms with Crippen molar-refractivity contribution in [1.29, 1.82) is 0 Å². The van der Waals surface area contributed by atoms with E-state index in [0.29, 0.717) is 16.9 Å². The maximum Gasteiger partial charge on any atom is 0.416 e. The molecule has 2 heterocycles. The number of benzene rings is 2. The van der Waals surface area contributed by atoms with Gasteiger partial charge in [0, 0.05) is 11.8 Å². The number of nitrogens with zero attached hydrogens (tertiary/aromatic N) is 2. The van der Waals surface area contributed by atoms with Crippen molar-refractivity contribution in [1.82, 2.24) is 20.3 Å². The van der Waals surface area contributed by atoms with Gasteiger partial charge < -0.3 is 10.3 Å². The summed E-state index contributed by atoms with van der Waals surface area (Å²) < 4.78 is 53.2. The maximum atomic E-state index is 14.5. The summed E-state index contributed by atoms with van der Waals surface area (Å²) in [4.78, 5) is 24.2. The molecule has 0 bridgehead atoms. The molecule has 2 aromatic carbocycles. The van der Waals surface area contributed by atoms with E-state index in [0.717, 1.165) is 12.1 Å². The van der Waals surface area contributed by atoms with E-state index in [-0.39, 0.29) is 16.8 Å². The number of amides is 1. The van der Waals surface area contributed by atoms with Gasteiger partial charge >= 0.3 is 6.18 Å². The number of hydrogen-bond acceptors (Lipinski definition) is 3. The van der Waals surface area contributed by atoms with Gasteiger partial charge in [0.15, 0.2) is 0 Å². The summed E-state index contributed by atoms with van der Waals surface area (Å²) >= 11 is 0. The highest BCUT2D eigenvalue weighted by atomic mass is 19.4. The zero-order valence-corrected chi connectivity index (χ0v) is 16.2. The van der Waals surface area contributed by atoms with Crippen LogP contribution in [0.15, 0.2) is 60.8 Å². The zero-order valence-electron chi connectivity index (χ0n) is 16.2. The molecule has 0 fully saturated rings. The van der Waals surface area contributed by atoms with Gasteiger partial charge in [0.25, 0.3) is 5.91 Å². The van der Waals surface area contributed by atoms with Gasteiger partial charge in [-0.15, -0.1) is 0 Å². The number of rotatable bonds is 4. The summed E-state index contributed by atoms with van der Waals surface area (Å²) in [7, 11) is 0. The summed E-state index contributed by atoms with van der Waals surface area (Å²) in [5.74, 6) is -0.540. The van der Waals surface area contributed by atoms with E-state index >= 15 is 0 Å². The summed E-state index contributed by atoms with van der Waals surface area (Å²) in [5, 5.41) is 2.68.